The molecule has 2 aromatic rings. The molecule has 7 nitrogen and oxygen atoms in total. The van der Waals surface area contributed by atoms with Gasteiger partial charge in [0.25, 0.3) is 0 Å². The van der Waals surface area contributed by atoms with Gasteiger partial charge in [0, 0.05) is 10.8 Å². The van der Waals surface area contributed by atoms with Gasteiger partial charge in [0.2, 0.25) is 5.91 Å². The Labute approximate surface area is 127 Å². The average molecular weight is 308 g/mol. The maximum Gasteiger partial charge on any atom is 0.234 e. The molecular formula is C13H20N6OS. The van der Waals surface area contributed by atoms with Crippen molar-refractivity contribution in [2.45, 2.75) is 39.3 Å². The van der Waals surface area contributed by atoms with Crippen LogP contribution in [0.1, 0.15) is 37.2 Å². The minimum atomic E-state index is -0.209. The fraction of sp³-hybridized carbons (Fsp3) is 0.538. The number of carbonyl (C=O) groups is 1. The molecule has 2 rings (SSSR count). The molecule has 0 aliphatic rings. The Morgan fingerprint density at radius 2 is 2.24 bits per heavy atom. The van der Waals surface area contributed by atoms with Crippen LogP contribution >= 0.6 is 11.3 Å². The number of nitrogens with two attached hydrogens (primary N) is 1. The molecule has 0 aromatic carbocycles. The predicted molar refractivity (Wildman–Crippen MR) is 80.8 cm³/mol. The van der Waals surface area contributed by atoms with Crippen molar-refractivity contribution >= 4 is 17.2 Å². The second-order valence-electron chi connectivity index (χ2n) is 5.76. The van der Waals surface area contributed by atoms with E-state index in [1.54, 1.807) is 22.2 Å². The van der Waals surface area contributed by atoms with Gasteiger partial charge in [-0.2, -0.15) is 0 Å². The summed E-state index contributed by atoms with van der Waals surface area (Å²) in [4.78, 5) is 15.7. The minimum absolute atomic E-state index is 0.0250. The molecule has 0 atom stereocenters. The molecule has 0 aliphatic heterocycles. The van der Waals surface area contributed by atoms with Crippen molar-refractivity contribution in [1.82, 2.24) is 25.3 Å². The summed E-state index contributed by atoms with van der Waals surface area (Å²) in [6.07, 6.45) is 1.80. The van der Waals surface area contributed by atoms with Crippen molar-refractivity contribution < 1.29 is 4.79 Å². The summed E-state index contributed by atoms with van der Waals surface area (Å²) in [5.41, 5.74) is 7.05. The molecule has 0 fully saturated rings. The monoisotopic (exact) mass is 308 g/mol. The van der Waals surface area contributed by atoms with Crippen LogP contribution in [0.4, 0.5) is 0 Å². The summed E-state index contributed by atoms with van der Waals surface area (Å²) in [5, 5.41) is 13.8. The van der Waals surface area contributed by atoms with Crippen LogP contribution in [0.2, 0.25) is 0 Å². The summed E-state index contributed by atoms with van der Waals surface area (Å²) >= 11 is 1.62. The zero-order chi connectivity index (χ0) is 15.5. The third kappa shape index (κ3) is 4.33. The van der Waals surface area contributed by atoms with Crippen molar-refractivity contribution in [2.24, 2.45) is 5.73 Å². The largest absolute Gasteiger partial charge is 0.349 e. The molecule has 0 spiro atoms. The van der Waals surface area contributed by atoms with E-state index in [2.05, 4.69) is 46.8 Å². The van der Waals surface area contributed by atoms with Crippen LogP contribution in [0.5, 0.6) is 0 Å². The van der Waals surface area contributed by atoms with Gasteiger partial charge in [0.1, 0.15) is 10.7 Å². The van der Waals surface area contributed by atoms with E-state index in [4.69, 9.17) is 5.73 Å². The Kier molecular flexibility index (Phi) is 4.69. The number of hydrogen-bond acceptors (Lipinski definition) is 6. The zero-order valence-corrected chi connectivity index (χ0v) is 13.3. The maximum atomic E-state index is 11.1. The molecule has 0 unspecified atom stereocenters. The highest BCUT2D eigenvalue weighted by Crippen LogP contribution is 2.24. The fourth-order valence-corrected chi connectivity index (χ4v) is 2.64. The standard InChI is InChI=1S/C13H20N6OS/c1-13(2,3)10-8-21-12(16-10)7-19-6-9(17-18-19)5-15-11(20)4-14/h6,8H,4-5,7,14H2,1-3H3,(H,15,20). The average Bonchev–Trinajstić information content (AvgIpc) is 3.05. The molecule has 0 aliphatic carbocycles. The molecule has 114 valence electrons. The van der Waals surface area contributed by atoms with E-state index in [1.807, 2.05) is 0 Å². The number of amides is 1. The van der Waals surface area contributed by atoms with E-state index in [0.717, 1.165) is 10.7 Å². The Bertz CT molecular complexity index is 612. The van der Waals surface area contributed by atoms with Crippen LogP contribution < -0.4 is 11.1 Å². The lowest BCUT2D eigenvalue weighted by molar-refractivity contribution is -0.119. The molecule has 0 radical (unpaired) electrons. The SMILES string of the molecule is CC(C)(C)c1csc(Cn2cc(CNC(=O)CN)nn2)n1. The van der Waals surface area contributed by atoms with Crippen molar-refractivity contribution in [3.8, 4) is 0 Å². The minimum Gasteiger partial charge on any atom is -0.349 e. The summed E-state index contributed by atoms with van der Waals surface area (Å²) in [6, 6.07) is 0. The molecule has 3 N–H and O–H groups in total. The smallest absolute Gasteiger partial charge is 0.234 e. The van der Waals surface area contributed by atoms with Gasteiger partial charge in [0.05, 0.1) is 31.5 Å². The Morgan fingerprint density at radius 3 is 2.86 bits per heavy atom. The van der Waals surface area contributed by atoms with Crippen LogP contribution in [0.15, 0.2) is 11.6 Å². The number of aromatic nitrogens is 4. The van der Waals surface area contributed by atoms with Crippen LogP contribution in [-0.2, 0) is 23.3 Å². The Morgan fingerprint density at radius 1 is 1.48 bits per heavy atom. The van der Waals surface area contributed by atoms with Crippen LogP contribution in [0.3, 0.4) is 0 Å². The van der Waals surface area contributed by atoms with Gasteiger partial charge < -0.3 is 11.1 Å². The molecule has 0 bridgehead atoms. The zero-order valence-electron chi connectivity index (χ0n) is 12.5. The first-order valence-electron chi connectivity index (χ1n) is 6.69. The van der Waals surface area contributed by atoms with Crippen molar-refractivity contribution in [2.75, 3.05) is 6.54 Å². The van der Waals surface area contributed by atoms with Crippen molar-refractivity contribution in [1.29, 1.82) is 0 Å². The highest BCUT2D eigenvalue weighted by Gasteiger charge is 2.17. The normalized spacial score (nSPS) is 11.6. The number of rotatable bonds is 5. The van der Waals surface area contributed by atoms with E-state index in [1.165, 1.54) is 0 Å². The first-order chi connectivity index (χ1) is 9.88. The van der Waals surface area contributed by atoms with Gasteiger partial charge in [-0.05, 0) is 0 Å². The fourth-order valence-electron chi connectivity index (χ4n) is 1.62. The molecule has 8 heteroatoms. The molecule has 0 saturated carbocycles. The van der Waals surface area contributed by atoms with Crippen LogP contribution in [0, 0.1) is 0 Å². The summed E-state index contributed by atoms with van der Waals surface area (Å²) < 4.78 is 1.72. The lowest BCUT2D eigenvalue weighted by atomic mass is 9.93. The molecule has 2 aromatic heterocycles. The predicted octanol–water partition coefficient (Wildman–Crippen LogP) is 0.655. The quantitative estimate of drug-likeness (QED) is 0.845. The number of thiazole rings is 1. The summed E-state index contributed by atoms with van der Waals surface area (Å²) in [5.74, 6) is -0.209. The number of hydrogen-bond donors (Lipinski definition) is 2. The molecule has 1 amide bonds. The molecule has 2 heterocycles. The second kappa shape index (κ2) is 6.31. The third-order valence-corrected chi connectivity index (χ3v) is 3.69. The second-order valence-corrected chi connectivity index (χ2v) is 6.71. The highest BCUT2D eigenvalue weighted by molar-refractivity contribution is 7.09. The number of carbonyl (C=O) groups excluding carboxylic acids is 1. The van der Waals surface area contributed by atoms with Gasteiger partial charge >= 0.3 is 0 Å². The van der Waals surface area contributed by atoms with Gasteiger partial charge in [-0.1, -0.05) is 26.0 Å². The topological polar surface area (TPSA) is 98.7 Å². The van der Waals surface area contributed by atoms with Gasteiger partial charge in [-0.15, -0.1) is 16.4 Å². The lowest BCUT2D eigenvalue weighted by Gasteiger charge is -2.14. The molecular weight excluding hydrogens is 288 g/mol. The van der Waals surface area contributed by atoms with E-state index in [-0.39, 0.29) is 17.9 Å². The summed E-state index contributed by atoms with van der Waals surface area (Å²) in [6.45, 7) is 7.31. The number of nitrogens with zero attached hydrogens (tertiary/aromatic N) is 4. The van der Waals surface area contributed by atoms with Crippen LogP contribution in [-0.4, -0.2) is 32.4 Å². The van der Waals surface area contributed by atoms with Gasteiger partial charge in [-0.25, -0.2) is 9.67 Å². The first kappa shape index (κ1) is 15.6. The molecule has 21 heavy (non-hydrogen) atoms. The van der Waals surface area contributed by atoms with Crippen molar-refractivity contribution in [3.63, 3.8) is 0 Å². The van der Waals surface area contributed by atoms with Crippen molar-refractivity contribution in [3.05, 3.63) is 28.0 Å². The third-order valence-electron chi connectivity index (χ3n) is 2.86. The lowest BCUT2D eigenvalue weighted by Crippen LogP contribution is -2.29. The Hall–Kier alpha value is -1.80. The van der Waals surface area contributed by atoms with E-state index in [9.17, 15) is 4.79 Å². The van der Waals surface area contributed by atoms with E-state index >= 15 is 0 Å². The van der Waals surface area contributed by atoms with E-state index < -0.39 is 0 Å². The first-order valence-corrected chi connectivity index (χ1v) is 7.57. The van der Waals surface area contributed by atoms with Gasteiger partial charge in [0.15, 0.2) is 0 Å². The van der Waals surface area contributed by atoms with E-state index in [0.29, 0.717) is 18.8 Å². The maximum absolute atomic E-state index is 11.1. The van der Waals surface area contributed by atoms with Crippen LogP contribution in [0.25, 0.3) is 0 Å². The summed E-state index contributed by atoms with van der Waals surface area (Å²) in [7, 11) is 0. The number of nitrogens with one attached hydrogen (secondary N) is 1. The Balaban J connectivity index is 1.96. The van der Waals surface area contributed by atoms with Gasteiger partial charge in [-0.3, -0.25) is 4.79 Å². The highest BCUT2D eigenvalue weighted by atomic mass is 32.1. The molecule has 0 saturated heterocycles.